The smallest absolute Gasteiger partial charge is 0.410 e. The Balaban J connectivity index is 2.07. The van der Waals surface area contributed by atoms with E-state index in [2.05, 4.69) is 4.90 Å². The van der Waals surface area contributed by atoms with Gasteiger partial charge in [0.05, 0.1) is 0 Å². The average Bonchev–Trinajstić information content (AvgIpc) is 2.45. The van der Waals surface area contributed by atoms with Crippen molar-refractivity contribution in [2.24, 2.45) is 0 Å². The van der Waals surface area contributed by atoms with Gasteiger partial charge in [0.15, 0.2) is 0 Å². The van der Waals surface area contributed by atoms with Crippen LogP contribution < -0.4 is 0 Å². The highest BCUT2D eigenvalue weighted by Crippen LogP contribution is 2.12. The molecule has 1 heterocycles. The Morgan fingerprint density at radius 1 is 1.00 bits per heavy atom. The summed E-state index contributed by atoms with van der Waals surface area (Å²) < 4.78 is 5.40. The largest absolute Gasteiger partial charge is 0.444 e. The van der Waals surface area contributed by atoms with Gasteiger partial charge in [-0.3, -0.25) is 4.90 Å². The Labute approximate surface area is 135 Å². The predicted molar refractivity (Wildman–Crippen MR) is 88.0 cm³/mol. The molecule has 1 fully saturated rings. The summed E-state index contributed by atoms with van der Waals surface area (Å²) in [6.07, 6.45) is 7.34. The van der Waals surface area contributed by atoms with Gasteiger partial charge >= 0.3 is 6.09 Å². The molecule has 5 heteroatoms. The maximum atomic E-state index is 12.0. The predicted octanol–water partition coefficient (Wildman–Crippen LogP) is 3.08. The van der Waals surface area contributed by atoms with E-state index in [1.54, 1.807) is 4.90 Å². The van der Waals surface area contributed by atoms with Gasteiger partial charge in [0, 0.05) is 32.6 Å². The number of hydrogen-bond donors (Lipinski definition) is 0. The molecule has 0 aromatic rings. The molecule has 1 aliphatic heterocycles. The number of rotatable bonds is 8. The molecule has 0 N–H and O–H groups in total. The van der Waals surface area contributed by atoms with Crippen LogP contribution in [0.5, 0.6) is 0 Å². The minimum absolute atomic E-state index is 0.192. The maximum absolute atomic E-state index is 12.0. The van der Waals surface area contributed by atoms with Crippen LogP contribution in [-0.4, -0.2) is 60.5 Å². The lowest BCUT2D eigenvalue weighted by molar-refractivity contribution is -0.107. The summed E-state index contributed by atoms with van der Waals surface area (Å²) in [5.74, 6) is 0. The molecule has 0 radical (unpaired) electrons. The molecule has 0 bridgehead atoms. The SMILES string of the molecule is CC(C)(C)OC(=O)N1CCN(CCCCCCCC=O)CC1. The fourth-order valence-electron chi connectivity index (χ4n) is 2.57. The summed E-state index contributed by atoms with van der Waals surface area (Å²) in [7, 11) is 0. The molecule has 1 rings (SSSR count). The van der Waals surface area contributed by atoms with Gasteiger partial charge in [-0.05, 0) is 40.2 Å². The molecule has 1 saturated heterocycles. The Morgan fingerprint density at radius 2 is 1.59 bits per heavy atom. The summed E-state index contributed by atoms with van der Waals surface area (Å²) in [5, 5.41) is 0. The second-order valence-corrected chi connectivity index (χ2v) is 7.03. The van der Waals surface area contributed by atoms with Crippen molar-refractivity contribution in [3.8, 4) is 0 Å². The molecule has 1 amide bonds. The van der Waals surface area contributed by atoms with Gasteiger partial charge in [0.2, 0.25) is 0 Å². The lowest BCUT2D eigenvalue weighted by Crippen LogP contribution is -2.50. The third kappa shape index (κ3) is 8.37. The van der Waals surface area contributed by atoms with Crippen LogP contribution in [-0.2, 0) is 9.53 Å². The van der Waals surface area contributed by atoms with Crippen LogP contribution in [0.25, 0.3) is 0 Å². The number of hydrogen-bond acceptors (Lipinski definition) is 4. The monoisotopic (exact) mass is 312 g/mol. The van der Waals surface area contributed by atoms with Crippen molar-refractivity contribution in [1.29, 1.82) is 0 Å². The van der Waals surface area contributed by atoms with Gasteiger partial charge < -0.3 is 14.4 Å². The van der Waals surface area contributed by atoms with E-state index in [1.807, 2.05) is 20.8 Å². The average molecular weight is 312 g/mol. The van der Waals surface area contributed by atoms with E-state index in [1.165, 1.54) is 19.3 Å². The molecule has 0 spiro atoms. The highest BCUT2D eigenvalue weighted by atomic mass is 16.6. The Kier molecular flexibility index (Phi) is 8.46. The number of aldehydes is 1. The highest BCUT2D eigenvalue weighted by Gasteiger charge is 2.25. The van der Waals surface area contributed by atoms with E-state index in [-0.39, 0.29) is 6.09 Å². The van der Waals surface area contributed by atoms with Gasteiger partial charge in [-0.1, -0.05) is 19.3 Å². The van der Waals surface area contributed by atoms with E-state index >= 15 is 0 Å². The Bertz CT molecular complexity index is 331. The van der Waals surface area contributed by atoms with E-state index in [4.69, 9.17) is 4.74 Å². The maximum Gasteiger partial charge on any atom is 0.410 e. The molecule has 0 aliphatic carbocycles. The molecule has 0 aromatic carbocycles. The zero-order valence-electron chi connectivity index (χ0n) is 14.5. The number of ether oxygens (including phenoxy) is 1. The molecule has 22 heavy (non-hydrogen) atoms. The first-order chi connectivity index (χ1) is 10.4. The summed E-state index contributed by atoms with van der Waals surface area (Å²) in [6, 6.07) is 0. The van der Waals surface area contributed by atoms with Crippen molar-refractivity contribution in [3.05, 3.63) is 0 Å². The number of amides is 1. The van der Waals surface area contributed by atoms with Crippen LogP contribution in [0, 0.1) is 0 Å². The zero-order valence-corrected chi connectivity index (χ0v) is 14.5. The highest BCUT2D eigenvalue weighted by molar-refractivity contribution is 5.68. The second-order valence-electron chi connectivity index (χ2n) is 7.03. The number of carbonyl (C=O) groups excluding carboxylic acids is 2. The fourth-order valence-corrected chi connectivity index (χ4v) is 2.57. The summed E-state index contributed by atoms with van der Waals surface area (Å²) in [6.45, 7) is 10.2. The van der Waals surface area contributed by atoms with Gasteiger partial charge in [0.1, 0.15) is 11.9 Å². The van der Waals surface area contributed by atoms with E-state index in [0.29, 0.717) is 6.42 Å². The number of unbranched alkanes of at least 4 members (excludes halogenated alkanes) is 5. The van der Waals surface area contributed by atoms with Gasteiger partial charge in [-0.2, -0.15) is 0 Å². The lowest BCUT2D eigenvalue weighted by atomic mass is 10.1. The first kappa shape index (κ1) is 18.9. The van der Waals surface area contributed by atoms with Crippen molar-refractivity contribution >= 4 is 12.4 Å². The molecular formula is C17H32N2O3. The van der Waals surface area contributed by atoms with Crippen LogP contribution in [0.15, 0.2) is 0 Å². The van der Waals surface area contributed by atoms with Crippen molar-refractivity contribution in [3.63, 3.8) is 0 Å². The van der Waals surface area contributed by atoms with Crippen LogP contribution in [0.3, 0.4) is 0 Å². The van der Waals surface area contributed by atoms with E-state index in [9.17, 15) is 9.59 Å². The van der Waals surface area contributed by atoms with Crippen LogP contribution in [0.2, 0.25) is 0 Å². The molecule has 5 nitrogen and oxygen atoms in total. The Morgan fingerprint density at radius 3 is 2.18 bits per heavy atom. The number of nitrogens with zero attached hydrogens (tertiary/aromatic N) is 2. The van der Waals surface area contributed by atoms with Crippen molar-refractivity contribution in [2.45, 2.75) is 64.9 Å². The van der Waals surface area contributed by atoms with Crippen LogP contribution in [0.1, 0.15) is 59.3 Å². The topological polar surface area (TPSA) is 49.9 Å². The minimum Gasteiger partial charge on any atom is -0.444 e. The zero-order chi connectivity index (χ0) is 16.4. The lowest BCUT2D eigenvalue weighted by Gasteiger charge is -2.35. The van der Waals surface area contributed by atoms with Gasteiger partial charge in [-0.15, -0.1) is 0 Å². The normalized spacial score (nSPS) is 16.6. The fraction of sp³-hybridized carbons (Fsp3) is 0.882. The molecule has 0 aromatic heterocycles. The van der Waals surface area contributed by atoms with Crippen LogP contribution >= 0.6 is 0 Å². The van der Waals surface area contributed by atoms with Crippen molar-refractivity contribution < 1.29 is 14.3 Å². The second kappa shape index (κ2) is 9.82. The van der Waals surface area contributed by atoms with E-state index in [0.717, 1.165) is 51.9 Å². The van der Waals surface area contributed by atoms with Crippen LogP contribution in [0.4, 0.5) is 4.79 Å². The number of piperazine rings is 1. The molecule has 0 saturated carbocycles. The minimum atomic E-state index is -0.419. The third-order valence-corrected chi connectivity index (χ3v) is 3.82. The van der Waals surface area contributed by atoms with E-state index < -0.39 is 5.60 Å². The standard InChI is InChI=1S/C17H32N2O3/c1-17(2,3)22-16(21)19-13-11-18(12-14-19)10-8-6-4-5-7-9-15-20/h15H,4-14H2,1-3H3. The molecule has 0 atom stereocenters. The third-order valence-electron chi connectivity index (χ3n) is 3.82. The van der Waals surface area contributed by atoms with Crippen molar-refractivity contribution in [1.82, 2.24) is 9.80 Å². The molecule has 0 unspecified atom stereocenters. The first-order valence-corrected chi connectivity index (χ1v) is 8.56. The number of carbonyl (C=O) groups is 2. The van der Waals surface area contributed by atoms with Gasteiger partial charge in [-0.25, -0.2) is 4.79 Å². The van der Waals surface area contributed by atoms with Gasteiger partial charge in [0.25, 0.3) is 0 Å². The molecule has 128 valence electrons. The molecule has 1 aliphatic rings. The summed E-state index contributed by atoms with van der Waals surface area (Å²) >= 11 is 0. The summed E-state index contributed by atoms with van der Waals surface area (Å²) in [4.78, 5) is 26.4. The molecular weight excluding hydrogens is 280 g/mol. The first-order valence-electron chi connectivity index (χ1n) is 8.56. The Hall–Kier alpha value is -1.10. The van der Waals surface area contributed by atoms with Crippen molar-refractivity contribution in [2.75, 3.05) is 32.7 Å². The summed E-state index contributed by atoms with van der Waals surface area (Å²) in [5.41, 5.74) is -0.419. The quantitative estimate of drug-likeness (QED) is 0.510.